The largest absolute Gasteiger partial charge is 0.459 e. The molecule has 0 spiro atoms. The van der Waals surface area contributed by atoms with Crippen molar-refractivity contribution in [1.82, 2.24) is 0 Å². The maximum atomic E-state index is 14.8. The Bertz CT molecular complexity index is 3820. The Morgan fingerprint density at radius 1 is 0.510 bits per heavy atom. The summed E-state index contributed by atoms with van der Waals surface area (Å²) in [5.41, 5.74) is 12.5. The van der Waals surface area contributed by atoms with E-state index in [2.05, 4.69) is 34.3 Å². The highest BCUT2D eigenvalue weighted by Crippen LogP contribution is 2.45. The second-order valence-corrected chi connectivity index (χ2v) is 27.2. The Balaban J connectivity index is 0.893. The number of nitrogens with zero attached hydrogens (tertiary/aromatic N) is 3. The van der Waals surface area contributed by atoms with Crippen LogP contribution in [0.4, 0.5) is 0 Å². The lowest BCUT2D eigenvalue weighted by Gasteiger charge is -2.49. The number of benzene rings is 7. The van der Waals surface area contributed by atoms with Gasteiger partial charge >= 0.3 is 17.9 Å². The van der Waals surface area contributed by atoms with Crippen LogP contribution in [0.1, 0.15) is 121 Å². The fourth-order valence-corrected chi connectivity index (χ4v) is 14.1. The highest BCUT2D eigenvalue weighted by atomic mass is 16.8. The zero-order valence-electron chi connectivity index (χ0n) is 58.6. The molecule has 7 aromatic carbocycles. The molecular weight excluding hydrogens is 1300 g/mol. The highest BCUT2D eigenvalue weighted by molar-refractivity contribution is 5.90. The molecule has 21 nitrogen and oxygen atoms in total. The summed E-state index contributed by atoms with van der Waals surface area (Å²) in [6, 6.07) is 59.9. The topological polar surface area (TPSA) is 238 Å². The van der Waals surface area contributed by atoms with E-state index < -0.39 is 140 Å². The number of hydrogen-bond acceptors (Lipinski definition) is 19. The van der Waals surface area contributed by atoms with E-state index in [1.807, 2.05) is 139 Å². The van der Waals surface area contributed by atoms with Crippen molar-refractivity contribution >= 4 is 28.7 Å². The van der Waals surface area contributed by atoms with Crippen molar-refractivity contribution in [3.05, 3.63) is 238 Å². The van der Waals surface area contributed by atoms with Gasteiger partial charge in [0.2, 0.25) is 0 Å². The van der Waals surface area contributed by atoms with Crippen LogP contribution in [-0.4, -0.2) is 143 Å². The molecule has 102 heavy (non-hydrogen) atoms. The minimum absolute atomic E-state index is 0.120. The SMILES string of the molecule is CC[C@@H](C)C1OC(OC2C(C)C(OCCCCCN=[N+]=[N-])OC3COC(c4ccccc4)OC32)C(OC(=O)c2ccccc2)C1OC1OC(COC(=O)c2ccccc2)C(C)C(OC2OC(COCc3ccccc3)C(C)C(OCc3ccc4ccccc4c3)C2OC(=O)c2ccccc2)C1C. The summed E-state index contributed by atoms with van der Waals surface area (Å²) < 4.78 is 103. The van der Waals surface area contributed by atoms with Crippen LogP contribution in [0.2, 0.25) is 0 Å². The van der Waals surface area contributed by atoms with Gasteiger partial charge in [0.25, 0.3) is 0 Å². The average molecular weight is 1400 g/mol. The number of azide groups is 1. The number of carbonyl (C=O) groups excluding carboxylic acids is 3. The first-order chi connectivity index (χ1) is 49.8. The number of unbranched alkanes of at least 4 members (excludes halogenated alkanes) is 2. The quantitative estimate of drug-likeness (QED) is 0.0102. The van der Waals surface area contributed by atoms with Crippen molar-refractivity contribution in [2.45, 2.75) is 179 Å². The molecule has 0 aliphatic carbocycles. The van der Waals surface area contributed by atoms with Gasteiger partial charge < -0.3 is 71.1 Å². The molecule has 12 rings (SSSR count). The van der Waals surface area contributed by atoms with E-state index in [9.17, 15) is 14.4 Å². The van der Waals surface area contributed by atoms with Crippen LogP contribution in [0.25, 0.3) is 21.2 Å². The van der Waals surface area contributed by atoms with Crippen LogP contribution in [-0.2, 0) is 84.3 Å². The molecule has 5 aliphatic heterocycles. The summed E-state index contributed by atoms with van der Waals surface area (Å²) in [5, 5.41) is 5.81. The lowest BCUT2D eigenvalue weighted by atomic mass is 9.85. The van der Waals surface area contributed by atoms with Gasteiger partial charge in [-0.05, 0) is 88.7 Å². The third-order valence-electron chi connectivity index (χ3n) is 20.2. The Morgan fingerprint density at radius 3 is 1.74 bits per heavy atom. The van der Waals surface area contributed by atoms with Crippen molar-refractivity contribution in [3.8, 4) is 0 Å². The Kier molecular flexibility index (Phi) is 26.0. The number of carbonyl (C=O) groups is 3. The van der Waals surface area contributed by atoms with E-state index >= 15 is 0 Å². The Hall–Kier alpha value is -7.96. The fourth-order valence-electron chi connectivity index (χ4n) is 14.1. The number of hydrogen-bond donors (Lipinski definition) is 0. The molecule has 5 heterocycles. The van der Waals surface area contributed by atoms with Gasteiger partial charge in [-0.15, -0.1) is 0 Å². The van der Waals surface area contributed by atoms with Crippen molar-refractivity contribution in [2.75, 3.05) is 33.0 Å². The molecule has 0 amide bonds. The van der Waals surface area contributed by atoms with Crippen LogP contribution >= 0.6 is 0 Å². The zero-order chi connectivity index (χ0) is 70.9. The summed E-state index contributed by atoms with van der Waals surface area (Å²) in [6.07, 6.45) is -12.4. The average Bonchev–Trinajstić information content (AvgIpc) is 1.39. The van der Waals surface area contributed by atoms with Gasteiger partial charge in [0.15, 0.2) is 43.7 Å². The Morgan fingerprint density at radius 2 is 1.07 bits per heavy atom. The molecule has 0 aromatic heterocycles. The first-order valence-electron chi connectivity index (χ1n) is 35.8. The van der Waals surface area contributed by atoms with Crippen molar-refractivity contribution in [1.29, 1.82) is 0 Å². The van der Waals surface area contributed by atoms with Crippen LogP contribution in [0.3, 0.4) is 0 Å². The predicted octanol–water partition coefficient (Wildman–Crippen LogP) is 14.5. The van der Waals surface area contributed by atoms with Gasteiger partial charge in [-0.1, -0.05) is 211 Å². The molecule has 5 aliphatic rings. The molecule has 0 saturated carbocycles. The first kappa shape index (κ1) is 73.8. The van der Waals surface area contributed by atoms with Crippen LogP contribution in [0, 0.1) is 29.6 Å². The number of esters is 3. The standard InChI is InChI=1S/C81H93N3O18/c1-7-50(2)66-71(73(97-76(87)60-35-20-11-21-36-60)81(98-66)100-69-54(6)77(89-43-27-13-26-42-83-84-82)95-65-49-92-79(101-70(65)69)61-37-22-12-23-38-61)102-78-53(5)67(51(3)64(93-78)48-91-74(85)58-31-16-9-17-32-58)99-80-72(96-75(86)59-33-18-10-19-34-59)68(90-46-56-40-41-57-30-24-25-39-62(57)44-56)52(4)63(94-80)47-88-45-55-28-14-8-15-29-55/h8-12,14-25,28-41,44,50-54,63-73,77-81H,7,13,26-27,42-43,45-49H2,1-6H3/t50-,51?,52?,53?,54?,63?,64?,65?,66?,67?,68?,69?,70?,71?,72?,73?,77?,78?,79?,80?,81?/m1/s1. The lowest BCUT2D eigenvalue weighted by molar-refractivity contribution is -0.370. The summed E-state index contributed by atoms with van der Waals surface area (Å²) in [7, 11) is 0. The van der Waals surface area contributed by atoms with Crippen molar-refractivity contribution in [2.24, 2.45) is 34.7 Å². The van der Waals surface area contributed by atoms with Gasteiger partial charge in [0.1, 0.15) is 31.0 Å². The molecule has 7 aromatic rings. The van der Waals surface area contributed by atoms with Crippen LogP contribution in [0.15, 0.2) is 199 Å². The number of rotatable bonds is 30. The number of fused-ring (bicyclic) bond motifs is 2. The molecule has 540 valence electrons. The minimum Gasteiger partial charge on any atom is -0.459 e. The van der Waals surface area contributed by atoms with Gasteiger partial charge in [0, 0.05) is 47.3 Å². The molecule has 0 N–H and O–H groups in total. The highest BCUT2D eigenvalue weighted by Gasteiger charge is 2.58. The molecular formula is C81H93N3O18. The smallest absolute Gasteiger partial charge is 0.338 e. The summed E-state index contributed by atoms with van der Waals surface area (Å²) in [5.74, 6) is -4.30. The van der Waals surface area contributed by atoms with E-state index in [4.69, 9.17) is 76.6 Å². The van der Waals surface area contributed by atoms with Crippen LogP contribution in [0.5, 0.6) is 0 Å². The summed E-state index contributed by atoms with van der Waals surface area (Å²) in [6.45, 7) is 13.1. The van der Waals surface area contributed by atoms with E-state index in [0.717, 1.165) is 33.9 Å². The maximum absolute atomic E-state index is 14.8. The number of ether oxygens (including phenoxy) is 15. The maximum Gasteiger partial charge on any atom is 0.338 e. The normalized spacial score (nSPS) is 30.3. The molecule has 0 radical (unpaired) electrons. The summed E-state index contributed by atoms with van der Waals surface area (Å²) in [4.78, 5) is 46.3. The monoisotopic (exact) mass is 1400 g/mol. The van der Waals surface area contributed by atoms with Gasteiger partial charge in [0.05, 0.1) is 73.6 Å². The van der Waals surface area contributed by atoms with E-state index in [0.29, 0.717) is 50.1 Å². The fraction of sp³-hybridized carbons (Fsp3) is 0.469. The molecule has 20 unspecified atom stereocenters. The predicted molar refractivity (Wildman–Crippen MR) is 376 cm³/mol. The Labute approximate surface area is 596 Å². The lowest BCUT2D eigenvalue weighted by Crippen LogP contribution is -2.61. The molecule has 21 atom stereocenters. The van der Waals surface area contributed by atoms with Gasteiger partial charge in [-0.2, -0.15) is 0 Å². The van der Waals surface area contributed by atoms with E-state index in [1.54, 1.807) is 72.8 Å². The van der Waals surface area contributed by atoms with Crippen molar-refractivity contribution in [3.63, 3.8) is 0 Å². The van der Waals surface area contributed by atoms with Crippen LogP contribution < -0.4 is 0 Å². The van der Waals surface area contributed by atoms with E-state index in [1.165, 1.54) is 0 Å². The summed E-state index contributed by atoms with van der Waals surface area (Å²) >= 11 is 0. The van der Waals surface area contributed by atoms with Crippen molar-refractivity contribution < 1.29 is 85.4 Å². The second-order valence-electron chi connectivity index (χ2n) is 27.2. The van der Waals surface area contributed by atoms with Gasteiger partial charge in [-0.25, -0.2) is 14.4 Å². The zero-order valence-corrected chi connectivity index (χ0v) is 58.6. The molecule has 5 saturated heterocycles. The van der Waals surface area contributed by atoms with Gasteiger partial charge in [-0.3, -0.25) is 0 Å². The minimum atomic E-state index is -1.31. The second kappa shape index (κ2) is 36.0. The molecule has 5 fully saturated rings. The third kappa shape index (κ3) is 18.3. The van der Waals surface area contributed by atoms with E-state index in [-0.39, 0.29) is 37.9 Å². The molecule has 0 bridgehead atoms. The first-order valence-corrected chi connectivity index (χ1v) is 35.8. The molecule has 21 heteroatoms. The third-order valence-corrected chi connectivity index (χ3v) is 20.2.